The number of ether oxygens (including phenoxy) is 5. The van der Waals surface area contributed by atoms with Gasteiger partial charge < -0.3 is 44.3 Å². The molecule has 0 spiro atoms. The highest BCUT2D eigenvalue weighted by atomic mass is 16.6. The van der Waals surface area contributed by atoms with Gasteiger partial charge in [0.2, 0.25) is 0 Å². The van der Waals surface area contributed by atoms with Crippen LogP contribution >= 0.6 is 0 Å². The van der Waals surface area contributed by atoms with Crippen LogP contribution in [0.2, 0.25) is 0 Å². The van der Waals surface area contributed by atoms with Crippen LogP contribution in [0.1, 0.15) is 90.2 Å². The Hall–Kier alpha value is -4.63. The molecule has 57 heavy (non-hydrogen) atoms. The van der Waals surface area contributed by atoms with Crippen LogP contribution in [0, 0.1) is 22.7 Å². The van der Waals surface area contributed by atoms with Crippen LogP contribution in [0.25, 0.3) is 0 Å². The molecule has 2 unspecified atom stereocenters. The predicted molar refractivity (Wildman–Crippen MR) is 200 cm³/mol. The van der Waals surface area contributed by atoms with E-state index in [2.05, 4.69) is 5.32 Å². The molecule has 0 radical (unpaired) electrons. The molecule has 5 aliphatic rings. The van der Waals surface area contributed by atoms with Gasteiger partial charge >= 0.3 is 24.0 Å². The fourth-order valence-corrected chi connectivity index (χ4v) is 10.6. The van der Waals surface area contributed by atoms with Crippen molar-refractivity contribution in [1.29, 1.82) is 0 Å². The minimum atomic E-state index is -2.18. The largest absolute Gasteiger partial charge is 0.455 e. The zero-order valence-corrected chi connectivity index (χ0v) is 33.4. The van der Waals surface area contributed by atoms with Gasteiger partial charge in [-0.05, 0) is 77.3 Å². The normalized spacial score (nSPS) is 37.4. The molecule has 4 fully saturated rings. The minimum absolute atomic E-state index is 0.0642. The van der Waals surface area contributed by atoms with Crippen molar-refractivity contribution in [3.63, 3.8) is 0 Å². The number of ketones is 1. The van der Waals surface area contributed by atoms with E-state index in [4.69, 9.17) is 23.7 Å². The standard InChI is InChI=1S/C43H51NO13/c1-22(30(25-15-11-9-12-16-25)44-37(51)57-38(4,5)6)35(49)56-43-20-42(52)34(54-36(50)26-17-13-10-14-18-26)32-39(7,33(48)31(47)29(23(43)2)40(42,43)8)27(46)19-28-41(32,21-53-28)55-24(3)45/h9-18,22,27-28,30-32,34,46-47,52H,19-21H2,1-8H3,(H,44,51)/t22-,27+,28-,30?,31-,32+,34+,39-,40-,41+,42-,43?/m1/s1. The fraction of sp³-hybridized carbons (Fsp3) is 0.558. The third-order valence-corrected chi connectivity index (χ3v) is 13.5. The van der Waals surface area contributed by atoms with Gasteiger partial charge in [-0.3, -0.25) is 14.4 Å². The van der Waals surface area contributed by atoms with Crippen LogP contribution < -0.4 is 5.32 Å². The number of Topliss-reactive ketones (excluding diaryl/α,β-unsaturated/α-hetero) is 1. The number of carbonyl (C=O) groups excluding carboxylic acids is 5. The zero-order chi connectivity index (χ0) is 41.7. The Morgan fingerprint density at radius 3 is 2.14 bits per heavy atom. The highest BCUT2D eigenvalue weighted by molar-refractivity contribution is 5.95. The van der Waals surface area contributed by atoms with Crippen molar-refractivity contribution in [3.05, 3.63) is 82.9 Å². The SMILES string of the molecule is CC(=O)O[C@@]12CO[C@@H]1C[C@H](O)[C@@]1(C)C(=O)[C@H](O)C3=C(C)C4(OC(=O)[C@H](C)C(NC(=O)OC(C)(C)C)c5ccccc5)C[C@@](O)([C@@H](OC(=O)c5ccccc5)[C@H]21)[C@@]34C. The third-order valence-electron chi connectivity index (χ3n) is 13.5. The molecule has 14 heteroatoms. The highest BCUT2D eigenvalue weighted by Gasteiger charge is 2.89. The van der Waals surface area contributed by atoms with E-state index in [9.17, 15) is 39.3 Å². The smallest absolute Gasteiger partial charge is 0.408 e. The fourth-order valence-electron chi connectivity index (χ4n) is 10.6. The van der Waals surface area contributed by atoms with Crippen molar-refractivity contribution in [2.24, 2.45) is 22.7 Å². The highest BCUT2D eigenvalue weighted by Crippen LogP contribution is 2.78. The summed E-state index contributed by atoms with van der Waals surface area (Å²) in [6.07, 6.45) is -7.29. The molecule has 2 aromatic rings. The maximum absolute atomic E-state index is 14.8. The Morgan fingerprint density at radius 2 is 1.58 bits per heavy atom. The van der Waals surface area contributed by atoms with Crippen molar-refractivity contribution < 1.29 is 63.0 Å². The Bertz CT molecular complexity index is 2030. The lowest BCUT2D eigenvalue weighted by molar-refractivity contribution is -0.376. The van der Waals surface area contributed by atoms with Crippen LogP contribution in [-0.2, 0) is 38.1 Å². The first-order valence-electron chi connectivity index (χ1n) is 19.3. The number of fused-ring (bicyclic) bond motifs is 3. The van der Waals surface area contributed by atoms with Gasteiger partial charge in [-0.1, -0.05) is 48.5 Å². The van der Waals surface area contributed by atoms with Crippen LogP contribution in [0.3, 0.4) is 0 Å². The molecule has 0 aromatic heterocycles. The van der Waals surface area contributed by atoms with E-state index < -0.39 is 105 Å². The maximum atomic E-state index is 14.8. The van der Waals surface area contributed by atoms with Crippen LogP contribution in [0.4, 0.5) is 4.79 Å². The van der Waals surface area contributed by atoms with E-state index in [-0.39, 0.29) is 30.6 Å². The number of alkyl carbamates (subject to hydrolysis) is 1. The molecule has 12 atom stereocenters. The van der Waals surface area contributed by atoms with E-state index in [0.29, 0.717) is 11.1 Å². The number of hydrogen-bond acceptors (Lipinski definition) is 13. The monoisotopic (exact) mass is 789 g/mol. The summed E-state index contributed by atoms with van der Waals surface area (Å²) in [5.41, 5.74) is -8.91. The molecular weight excluding hydrogens is 738 g/mol. The van der Waals surface area contributed by atoms with Gasteiger partial charge in [0.15, 0.2) is 11.4 Å². The second-order valence-electron chi connectivity index (χ2n) is 17.7. The van der Waals surface area contributed by atoms with E-state index in [0.717, 1.165) is 0 Å². The van der Waals surface area contributed by atoms with Gasteiger partial charge in [-0.25, -0.2) is 9.59 Å². The van der Waals surface area contributed by atoms with Gasteiger partial charge in [-0.2, -0.15) is 0 Å². The second-order valence-corrected chi connectivity index (χ2v) is 17.7. The van der Waals surface area contributed by atoms with E-state index >= 15 is 0 Å². The van der Waals surface area contributed by atoms with Gasteiger partial charge in [0.1, 0.15) is 35.1 Å². The quantitative estimate of drug-likeness (QED) is 0.171. The van der Waals surface area contributed by atoms with Crippen molar-refractivity contribution in [2.75, 3.05) is 6.61 Å². The second kappa shape index (κ2) is 13.5. The Labute approximate surface area is 330 Å². The lowest BCUT2D eigenvalue weighted by Gasteiger charge is -2.78. The number of rotatable bonds is 8. The molecule has 3 saturated carbocycles. The molecule has 1 heterocycles. The summed E-state index contributed by atoms with van der Waals surface area (Å²) in [5, 5.41) is 39.9. The number of aliphatic hydroxyl groups is 3. The molecule has 2 aromatic carbocycles. The topological polar surface area (TPSA) is 204 Å². The van der Waals surface area contributed by atoms with Crippen molar-refractivity contribution >= 4 is 29.8 Å². The molecule has 0 bridgehead atoms. The van der Waals surface area contributed by atoms with Gasteiger partial charge in [0.25, 0.3) is 0 Å². The zero-order valence-electron chi connectivity index (χ0n) is 33.4. The predicted octanol–water partition coefficient (Wildman–Crippen LogP) is 3.90. The van der Waals surface area contributed by atoms with Crippen molar-refractivity contribution in [1.82, 2.24) is 5.32 Å². The molecule has 4 aliphatic carbocycles. The van der Waals surface area contributed by atoms with Crippen LogP contribution in [0.15, 0.2) is 71.8 Å². The summed E-state index contributed by atoms with van der Waals surface area (Å²) in [7, 11) is 0. The first-order chi connectivity index (χ1) is 26.6. The summed E-state index contributed by atoms with van der Waals surface area (Å²) in [4.78, 5) is 69.2. The Balaban J connectivity index is 1.33. The van der Waals surface area contributed by atoms with Gasteiger partial charge in [-0.15, -0.1) is 0 Å². The lowest BCUT2D eigenvalue weighted by Crippen LogP contribution is -2.90. The number of hydrogen-bond donors (Lipinski definition) is 4. The molecule has 7 rings (SSSR count). The molecule has 14 nitrogen and oxygen atoms in total. The van der Waals surface area contributed by atoms with E-state index in [1.807, 2.05) is 0 Å². The molecule has 4 N–H and O–H groups in total. The molecule has 1 saturated heterocycles. The first-order valence-corrected chi connectivity index (χ1v) is 19.3. The minimum Gasteiger partial charge on any atom is -0.455 e. The molecule has 1 aliphatic heterocycles. The average Bonchev–Trinajstić information content (AvgIpc) is 3.15. The van der Waals surface area contributed by atoms with Crippen molar-refractivity contribution in [2.45, 2.75) is 121 Å². The van der Waals surface area contributed by atoms with E-state index in [1.54, 1.807) is 90.1 Å². The first kappa shape index (κ1) is 40.6. The number of nitrogens with one attached hydrogen (secondary N) is 1. The summed E-state index contributed by atoms with van der Waals surface area (Å²) in [6.45, 7) is 12.2. The lowest BCUT2D eigenvalue weighted by atomic mass is 9.30. The summed E-state index contributed by atoms with van der Waals surface area (Å²) in [5.74, 6) is -5.70. The number of aliphatic hydroxyl groups excluding tert-OH is 2. The number of amides is 1. The van der Waals surface area contributed by atoms with Gasteiger partial charge in [0, 0.05) is 19.8 Å². The van der Waals surface area contributed by atoms with Crippen molar-refractivity contribution in [3.8, 4) is 0 Å². The van der Waals surface area contributed by atoms with Crippen LogP contribution in [-0.4, -0.2) is 98.5 Å². The molecule has 306 valence electrons. The Kier molecular flexibility index (Phi) is 9.58. The van der Waals surface area contributed by atoms with Crippen LogP contribution in [0.5, 0.6) is 0 Å². The summed E-state index contributed by atoms with van der Waals surface area (Å²) < 4.78 is 30.1. The Morgan fingerprint density at radius 1 is 0.965 bits per heavy atom. The number of esters is 3. The third kappa shape index (κ3) is 5.69. The average molecular weight is 790 g/mol. The number of carbonyl (C=O) groups is 5. The van der Waals surface area contributed by atoms with Gasteiger partial charge in [0.05, 0.1) is 47.0 Å². The summed E-state index contributed by atoms with van der Waals surface area (Å²) >= 11 is 0. The maximum Gasteiger partial charge on any atom is 0.408 e. The molecular formula is C43H51NO13. The number of benzene rings is 2. The summed E-state index contributed by atoms with van der Waals surface area (Å²) in [6, 6.07) is 15.9. The molecule has 1 amide bonds. The van der Waals surface area contributed by atoms with E-state index in [1.165, 1.54) is 26.0 Å².